The summed E-state index contributed by atoms with van der Waals surface area (Å²) in [6, 6.07) is 11.5. The largest absolute Gasteiger partial charge is 0.316 e. The summed E-state index contributed by atoms with van der Waals surface area (Å²) < 4.78 is 27.9. The Morgan fingerprint density at radius 2 is 1.90 bits per heavy atom. The second-order valence-corrected chi connectivity index (χ2v) is 5.82. The number of rotatable bonds is 6. The van der Waals surface area contributed by atoms with Crippen molar-refractivity contribution in [3.8, 4) is 0 Å². The molecule has 21 heavy (non-hydrogen) atoms. The molecular formula is C17H18BrF2N. The van der Waals surface area contributed by atoms with Crippen molar-refractivity contribution in [3.05, 3.63) is 69.7 Å². The molecular weight excluding hydrogens is 336 g/mol. The normalized spacial score (nSPS) is 12.4. The SMILES string of the molecule is CCNCC(Cc1ccc(F)cc1Br)c1ccccc1F. The van der Waals surface area contributed by atoms with Gasteiger partial charge in [0.2, 0.25) is 0 Å². The number of hydrogen-bond acceptors (Lipinski definition) is 1. The number of halogens is 3. The summed E-state index contributed by atoms with van der Waals surface area (Å²) in [5, 5.41) is 3.27. The summed E-state index contributed by atoms with van der Waals surface area (Å²) in [6.45, 7) is 3.53. The molecule has 0 aliphatic heterocycles. The lowest BCUT2D eigenvalue weighted by atomic mass is 9.91. The third-order valence-electron chi connectivity index (χ3n) is 3.47. The van der Waals surface area contributed by atoms with Crippen LogP contribution in [-0.2, 0) is 6.42 Å². The number of hydrogen-bond donors (Lipinski definition) is 1. The second-order valence-electron chi connectivity index (χ2n) is 4.97. The molecule has 0 heterocycles. The van der Waals surface area contributed by atoms with E-state index >= 15 is 0 Å². The fourth-order valence-electron chi connectivity index (χ4n) is 2.37. The maximum Gasteiger partial charge on any atom is 0.126 e. The van der Waals surface area contributed by atoms with Gasteiger partial charge in [-0.25, -0.2) is 8.78 Å². The van der Waals surface area contributed by atoms with Crippen molar-refractivity contribution in [2.45, 2.75) is 19.3 Å². The van der Waals surface area contributed by atoms with Gasteiger partial charge in [0, 0.05) is 16.9 Å². The molecule has 1 N–H and O–H groups in total. The minimum Gasteiger partial charge on any atom is -0.316 e. The first-order valence-electron chi connectivity index (χ1n) is 7.01. The first kappa shape index (κ1) is 16.1. The molecule has 0 spiro atoms. The van der Waals surface area contributed by atoms with E-state index in [1.54, 1.807) is 12.1 Å². The van der Waals surface area contributed by atoms with Gasteiger partial charge < -0.3 is 5.32 Å². The summed E-state index contributed by atoms with van der Waals surface area (Å²) >= 11 is 3.38. The summed E-state index contributed by atoms with van der Waals surface area (Å²) in [7, 11) is 0. The van der Waals surface area contributed by atoms with Crippen molar-refractivity contribution < 1.29 is 8.78 Å². The van der Waals surface area contributed by atoms with Crippen molar-refractivity contribution in [3.63, 3.8) is 0 Å². The Morgan fingerprint density at radius 1 is 1.14 bits per heavy atom. The quantitative estimate of drug-likeness (QED) is 0.795. The van der Waals surface area contributed by atoms with Gasteiger partial charge in [0.15, 0.2) is 0 Å². The molecule has 0 aliphatic carbocycles. The van der Waals surface area contributed by atoms with Gasteiger partial charge in [-0.1, -0.05) is 47.1 Å². The smallest absolute Gasteiger partial charge is 0.126 e. The Labute approximate surface area is 132 Å². The fourth-order valence-corrected chi connectivity index (χ4v) is 2.88. The molecule has 0 aliphatic rings. The van der Waals surface area contributed by atoms with E-state index in [4.69, 9.17) is 0 Å². The van der Waals surface area contributed by atoms with E-state index in [0.29, 0.717) is 18.5 Å². The van der Waals surface area contributed by atoms with Crippen LogP contribution in [0, 0.1) is 11.6 Å². The van der Waals surface area contributed by atoms with Gasteiger partial charge in [-0.15, -0.1) is 0 Å². The highest BCUT2D eigenvalue weighted by Gasteiger charge is 2.17. The standard InChI is InChI=1S/C17H18BrF2N/c1-2-21-11-13(15-5-3-4-6-17(15)20)9-12-7-8-14(19)10-16(12)18/h3-8,10,13,21H,2,9,11H2,1H3. The molecule has 2 aromatic carbocycles. The van der Waals surface area contributed by atoms with Crippen molar-refractivity contribution in [2.75, 3.05) is 13.1 Å². The summed E-state index contributed by atoms with van der Waals surface area (Å²) in [6.07, 6.45) is 0.648. The molecule has 0 radical (unpaired) electrons. The third kappa shape index (κ3) is 4.35. The first-order valence-corrected chi connectivity index (χ1v) is 7.80. The van der Waals surface area contributed by atoms with E-state index in [1.165, 1.54) is 18.2 Å². The number of likely N-dealkylation sites (N-methyl/N-ethyl adjacent to an activating group) is 1. The Bertz CT molecular complexity index is 601. The second kappa shape index (κ2) is 7.66. The molecule has 1 atom stereocenters. The lowest BCUT2D eigenvalue weighted by Crippen LogP contribution is -2.23. The van der Waals surface area contributed by atoms with Gasteiger partial charge in [-0.3, -0.25) is 0 Å². The van der Waals surface area contributed by atoms with Crippen LogP contribution in [0.2, 0.25) is 0 Å². The Hall–Kier alpha value is -1.26. The highest BCUT2D eigenvalue weighted by Crippen LogP contribution is 2.27. The number of nitrogens with one attached hydrogen (secondary N) is 1. The van der Waals surface area contributed by atoms with Crippen LogP contribution in [0.25, 0.3) is 0 Å². The lowest BCUT2D eigenvalue weighted by Gasteiger charge is -2.19. The van der Waals surface area contributed by atoms with E-state index in [-0.39, 0.29) is 17.6 Å². The van der Waals surface area contributed by atoms with Crippen molar-refractivity contribution in [1.29, 1.82) is 0 Å². The van der Waals surface area contributed by atoms with Crippen molar-refractivity contribution in [1.82, 2.24) is 5.32 Å². The minimum atomic E-state index is -0.278. The fraction of sp³-hybridized carbons (Fsp3) is 0.294. The summed E-state index contributed by atoms with van der Waals surface area (Å²) in [4.78, 5) is 0. The van der Waals surface area contributed by atoms with E-state index in [1.807, 2.05) is 19.1 Å². The number of benzene rings is 2. The molecule has 2 rings (SSSR count). The van der Waals surface area contributed by atoms with Crippen LogP contribution in [0.15, 0.2) is 46.9 Å². The maximum atomic E-state index is 14.0. The zero-order chi connectivity index (χ0) is 15.2. The van der Waals surface area contributed by atoms with E-state index in [0.717, 1.165) is 16.6 Å². The first-order chi connectivity index (χ1) is 10.1. The zero-order valence-corrected chi connectivity index (χ0v) is 13.5. The molecule has 0 amide bonds. The molecule has 2 aromatic rings. The molecule has 0 fully saturated rings. The molecule has 4 heteroatoms. The van der Waals surface area contributed by atoms with Crippen molar-refractivity contribution >= 4 is 15.9 Å². The van der Waals surface area contributed by atoms with Crippen molar-refractivity contribution in [2.24, 2.45) is 0 Å². The molecule has 1 nitrogen and oxygen atoms in total. The van der Waals surface area contributed by atoms with Gasteiger partial charge in [0.05, 0.1) is 0 Å². The average molecular weight is 354 g/mol. The Balaban J connectivity index is 2.26. The van der Waals surface area contributed by atoms with E-state index in [2.05, 4.69) is 21.2 Å². The maximum absolute atomic E-state index is 14.0. The van der Waals surface area contributed by atoms with Crippen LogP contribution >= 0.6 is 15.9 Å². The van der Waals surface area contributed by atoms with Crippen LogP contribution < -0.4 is 5.32 Å². The van der Waals surface area contributed by atoms with Gasteiger partial charge in [0.1, 0.15) is 11.6 Å². The van der Waals surface area contributed by atoms with Crippen LogP contribution in [0.1, 0.15) is 24.0 Å². The van der Waals surface area contributed by atoms with Crippen LogP contribution in [0.4, 0.5) is 8.78 Å². The topological polar surface area (TPSA) is 12.0 Å². The van der Waals surface area contributed by atoms with Gasteiger partial charge in [0.25, 0.3) is 0 Å². The molecule has 0 bridgehead atoms. The van der Waals surface area contributed by atoms with Gasteiger partial charge in [-0.2, -0.15) is 0 Å². The summed E-state index contributed by atoms with van der Waals surface area (Å²) in [5.41, 5.74) is 1.66. The average Bonchev–Trinajstić information content (AvgIpc) is 2.46. The third-order valence-corrected chi connectivity index (χ3v) is 4.21. The predicted octanol–water partition coefficient (Wildman–Crippen LogP) is 4.66. The highest BCUT2D eigenvalue weighted by atomic mass is 79.9. The van der Waals surface area contributed by atoms with Crippen LogP contribution in [0.5, 0.6) is 0 Å². The highest BCUT2D eigenvalue weighted by molar-refractivity contribution is 9.10. The van der Waals surface area contributed by atoms with Gasteiger partial charge >= 0.3 is 0 Å². The molecule has 0 aromatic heterocycles. The molecule has 1 unspecified atom stereocenters. The van der Waals surface area contributed by atoms with E-state index < -0.39 is 0 Å². The van der Waals surface area contributed by atoms with E-state index in [9.17, 15) is 8.78 Å². The Morgan fingerprint density at radius 3 is 2.57 bits per heavy atom. The molecule has 0 saturated heterocycles. The minimum absolute atomic E-state index is 0.00733. The lowest BCUT2D eigenvalue weighted by molar-refractivity contribution is 0.543. The molecule has 112 valence electrons. The predicted molar refractivity (Wildman–Crippen MR) is 85.5 cm³/mol. The monoisotopic (exact) mass is 353 g/mol. The van der Waals surface area contributed by atoms with Gasteiger partial charge in [-0.05, 0) is 42.3 Å². The van der Waals surface area contributed by atoms with Crippen LogP contribution in [-0.4, -0.2) is 13.1 Å². The van der Waals surface area contributed by atoms with Crippen LogP contribution in [0.3, 0.4) is 0 Å². The summed E-state index contributed by atoms with van der Waals surface area (Å²) in [5.74, 6) is -0.466. The molecule has 0 saturated carbocycles. The Kier molecular flexibility index (Phi) is 5.88. The zero-order valence-electron chi connectivity index (χ0n) is 11.9.